The van der Waals surface area contributed by atoms with E-state index >= 15 is 0 Å². The van der Waals surface area contributed by atoms with Crippen LogP contribution in [0.4, 0.5) is 10.1 Å². The van der Waals surface area contributed by atoms with Crippen LogP contribution in [0.3, 0.4) is 0 Å². The van der Waals surface area contributed by atoms with Crippen molar-refractivity contribution in [3.05, 3.63) is 42.7 Å². The monoisotopic (exact) mass is 218 g/mol. The maximum atomic E-state index is 12.8. The average Bonchev–Trinajstić information content (AvgIpc) is 2.72. The molecule has 0 bridgehead atoms. The highest BCUT2D eigenvalue weighted by Crippen LogP contribution is 2.27. The topological polar surface area (TPSA) is 15.6 Å². The molecular formula is C13H15FN2. The van der Waals surface area contributed by atoms with Crippen molar-refractivity contribution in [2.75, 3.05) is 5.01 Å². The van der Waals surface area contributed by atoms with Crippen molar-refractivity contribution in [1.29, 1.82) is 0 Å². The van der Waals surface area contributed by atoms with Gasteiger partial charge in [-0.2, -0.15) is 5.10 Å². The molecule has 2 atom stereocenters. The fourth-order valence-corrected chi connectivity index (χ4v) is 1.96. The van der Waals surface area contributed by atoms with Gasteiger partial charge in [0.25, 0.3) is 0 Å². The summed E-state index contributed by atoms with van der Waals surface area (Å²) in [6.45, 7) is 5.96. The first-order valence-corrected chi connectivity index (χ1v) is 5.47. The predicted molar refractivity (Wildman–Crippen MR) is 65.1 cm³/mol. The van der Waals surface area contributed by atoms with Crippen LogP contribution < -0.4 is 5.01 Å². The first-order chi connectivity index (χ1) is 7.76. The van der Waals surface area contributed by atoms with Crippen LogP contribution in [0.1, 0.15) is 13.3 Å². The van der Waals surface area contributed by atoms with Gasteiger partial charge >= 0.3 is 0 Å². The lowest BCUT2D eigenvalue weighted by Crippen LogP contribution is -2.29. The van der Waals surface area contributed by atoms with Crippen molar-refractivity contribution >= 4 is 11.9 Å². The summed E-state index contributed by atoms with van der Waals surface area (Å²) in [5, 5.41) is 6.24. The second kappa shape index (κ2) is 4.47. The van der Waals surface area contributed by atoms with Crippen molar-refractivity contribution in [2.45, 2.75) is 19.4 Å². The van der Waals surface area contributed by atoms with Gasteiger partial charge in [0.2, 0.25) is 0 Å². The van der Waals surface area contributed by atoms with Crippen LogP contribution in [0.5, 0.6) is 0 Å². The van der Waals surface area contributed by atoms with E-state index in [1.165, 1.54) is 12.1 Å². The van der Waals surface area contributed by atoms with Crippen LogP contribution in [0.15, 0.2) is 42.0 Å². The van der Waals surface area contributed by atoms with E-state index in [4.69, 9.17) is 0 Å². The molecule has 2 rings (SSSR count). The third kappa shape index (κ3) is 1.85. The fourth-order valence-electron chi connectivity index (χ4n) is 1.96. The van der Waals surface area contributed by atoms with Gasteiger partial charge in [0.1, 0.15) is 5.82 Å². The SMILES string of the molecule is C=CC1C(CC)C=NN1c1ccc(F)cc1. The van der Waals surface area contributed by atoms with E-state index in [-0.39, 0.29) is 11.9 Å². The van der Waals surface area contributed by atoms with Crippen molar-refractivity contribution in [3.63, 3.8) is 0 Å². The van der Waals surface area contributed by atoms with Crippen molar-refractivity contribution in [3.8, 4) is 0 Å². The van der Waals surface area contributed by atoms with Crippen molar-refractivity contribution in [1.82, 2.24) is 0 Å². The van der Waals surface area contributed by atoms with Crippen LogP contribution in [-0.4, -0.2) is 12.3 Å². The van der Waals surface area contributed by atoms with Crippen molar-refractivity contribution in [2.24, 2.45) is 11.0 Å². The van der Waals surface area contributed by atoms with E-state index in [1.54, 1.807) is 12.1 Å². The van der Waals surface area contributed by atoms with Gasteiger partial charge in [0.05, 0.1) is 11.7 Å². The van der Waals surface area contributed by atoms with E-state index in [2.05, 4.69) is 18.6 Å². The molecule has 0 aliphatic carbocycles. The zero-order valence-corrected chi connectivity index (χ0v) is 9.31. The molecule has 0 fully saturated rings. The van der Waals surface area contributed by atoms with Gasteiger partial charge in [-0.05, 0) is 30.7 Å². The number of hydrogen-bond acceptors (Lipinski definition) is 2. The summed E-state index contributed by atoms with van der Waals surface area (Å²) in [7, 11) is 0. The molecule has 1 heterocycles. The van der Waals surface area contributed by atoms with Gasteiger partial charge in [0.15, 0.2) is 0 Å². The molecule has 1 aliphatic heterocycles. The maximum Gasteiger partial charge on any atom is 0.123 e. The average molecular weight is 218 g/mol. The summed E-state index contributed by atoms with van der Waals surface area (Å²) >= 11 is 0. The molecule has 0 aromatic heterocycles. The normalized spacial score (nSPS) is 23.8. The molecule has 0 radical (unpaired) electrons. The molecule has 0 saturated heterocycles. The molecular weight excluding hydrogens is 203 g/mol. The maximum absolute atomic E-state index is 12.8. The molecule has 0 N–H and O–H groups in total. The van der Waals surface area contributed by atoms with E-state index < -0.39 is 0 Å². The predicted octanol–water partition coefficient (Wildman–Crippen LogP) is 3.21. The summed E-state index contributed by atoms with van der Waals surface area (Å²) in [6, 6.07) is 6.55. The molecule has 2 unspecified atom stereocenters. The standard InChI is InChI=1S/C13H15FN2/c1-3-10-9-15-16(13(10)4-2)12-7-5-11(14)6-8-12/h4-10,13H,2-3H2,1H3. The van der Waals surface area contributed by atoms with E-state index in [0.29, 0.717) is 5.92 Å². The summed E-state index contributed by atoms with van der Waals surface area (Å²) in [6.07, 6.45) is 4.86. The fraction of sp³-hybridized carbons (Fsp3) is 0.308. The molecule has 0 amide bonds. The highest BCUT2D eigenvalue weighted by Gasteiger charge is 2.27. The van der Waals surface area contributed by atoms with Crippen LogP contribution in [0.2, 0.25) is 0 Å². The molecule has 16 heavy (non-hydrogen) atoms. The molecule has 2 nitrogen and oxygen atoms in total. The van der Waals surface area contributed by atoms with Gasteiger partial charge in [-0.15, -0.1) is 6.58 Å². The van der Waals surface area contributed by atoms with E-state index in [9.17, 15) is 4.39 Å². The Morgan fingerprint density at radius 1 is 1.44 bits per heavy atom. The number of halogens is 1. The summed E-state index contributed by atoms with van der Waals surface area (Å²) in [4.78, 5) is 0. The molecule has 1 aromatic rings. The molecule has 1 aliphatic rings. The zero-order valence-electron chi connectivity index (χ0n) is 9.31. The Hall–Kier alpha value is -1.64. The highest BCUT2D eigenvalue weighted by molar-refractivity contribution is 5.70. The molecule has 84 valence electrons. The summed E-state index contributed by atoms with van der Waals surface area (Å²) in [5.74, 6) is 0.164. The smallest absolute Gasteiger partial charge is 0.123 e. The Morgan fingerprint density at radius 3 is 2.69 bits per heavy atom. The van der Waals surface area contributed by atoms with E-state index in [0.717, 1.165) is 12.1 Å². The Bertz CT molecular complexity index is 397. The summed E-state index contributed by atoms with van der Waals surface area (Å²) < 4.78 is 12.8. The van der Waals surface area contributed by atoms with Crippen molar-refractivity contribution < 1.29 is 4.39 Å². The molecule has 3 heteroatoms. The zero-order chi connectivity index (χ0) is 11.5. The third-order valence-electron chi connectivity index (χ3n) is 2.91. The summed E-state index contributed by atoms with van der Waals surface area (Å²) in [5.41, 5.74) is 0.901. The minimum Gasteiger partial charge on any atom is -0.258 e. The Labute approximate surface area is 95.1 Å². The van der Waals surface area contributed by atoms with Gasteiger partial charge in [0, 0.05) is 12.1 Å². The van der Waals surface area contributed by atoms with Gasteiger partial charge in [-0.3, -0.25) is 5.01 Å². The van der Waals surface area contributed by atoms with Crippen LogP contribution in [0, 0.1) is 11.7 Å². The van der Waals surface area contributed by atoms with Crippen LogP contribution in [0.25, 0.3) is 0 Å². The lowest BCUT2D eigenvalue weighted by molar-refractivity contribution is 0.597. The minimum atomic E-state index is -0.228. The van der Waals surface area contributed by atoms with Gasteiger partial charge in [-0.1, -0.05) is 13.0 Å². The number of rotatable bonds is 3. The van der Waals surface area contributed by atoms with Gasteiger partial charge in [-0.25, -0.2) is 4.39 Å². The quantitative estimate of drug-likeness (QED) is 0.711. The van der Waals surface area contributed by atoms with Crippen LogP contribution in [-0.2, 0) is 0 Å². The highest BCUT2D eigenvalue weighted by atomic mass is 19.1. The van der Waals surface area contributed by atoms with Gasteiger partial charge < -0.3 is 0 Å². The first kappa shape index (κ1) is 10.9. The second-order valence-electron chi connectivity index (χ2n) is 3.88. The second-order valence-corrected chi connectivity index (χ2v) is 3.88. The lowest BCUT2D eigenvalue weighted by Gasteiger charge is -2.24. The number of hydrazone groups is 1. The largest absolute Gasteiger partial charge is 0.258 e. The number of benzene rings is 1. The number of hydrogen-bond donors (Lipinski definition) is 0. The minimum absolute atomic E-state index is 0.176. The van der Waals surface area contributed by atoms with Crippen LogP contribution >= 0.6 is 0 Å². The van der Waals surface area contributed by atoms with E-state index in [1.807, 2.05) is 17.3 Å². The Kier molecular flexibility index (Phi) is 3.04. The third-order valence-corrected chi connectivity index (χ3v) is 2.91. The first-order valence-electron chi connectivity index (χ1n) is 5.47. The molecule has 0 spiro atoms. The number of anilines is 1. The molecule has 1 aromatic carbocycles. The Morgan fingerprint density at radius 2 is 2.12 bits per heavy atom. The number of nitrogens with zero attached hydrogens (tertiary/aromatic N) is 2. The Balaban J connectivity index is 2.25. The molecule has 0 saturated carbocycles. The lowest BCUT2D eigenvalue weighted by atomic mass is 9.99.